The third-order valence-electron chi connectivity index (χ3n) is 2.55. The van der Waals surface area contributed by atoms with Gasteiger partial charge in [-0.25, -0.2) is 0 Å². The summed E-state index contributed by atoms with van der Waals surface area (Å²) in [5.74, 6) is 5.01. The van der Waals surface area contributed by atoms with Crippen molar-refractivity contribution in [1.82, 2.24) is 10.1 Å². The quantitative estimate of drug-likeness (QED) is 0.890. The number of thioether (sulfide) groups is 2. The van der Waals surface area contributed by atoms with Crippen LogP contribution in [0, 0.1) is 0 Å². The lowest BCUT2D eigenvalue weighted by molar-refractivity contribution is 0.363. The first-order chi connectivity index (χ1) is 7.79. The molecule has 2 rings (SSSR count). The molecule has 1 aromatic rings. The first kappa shape index (κ1) is 12.3. The van der Waals surface area contributed by atoms with Gasteiger partial charge < -0.3 is 10.3 Å². The van der Waals surface area contributed by atoms with Gasteiger partial charge in [0.2, 0.25) is 5.89 Å². The Labute approximate surface area is 104 Å². The second-order valence-electron chi connectivity index (χ2n) is 3.85. The highest BCUT2D eigenvalue weighted by Gasteiger charge is 2.22. The van der Waals surface area contributed by atoms with E-state index >= 15 is 0 Å². The Morgan fingerprint density at radius 3 is 3.12 bits per heavy atom. The molecule has 1 saturated heterocycles. The maximum atomic E-state index is 5.86. The maximum Gasteiger partial charge on any atom is 0.228 e. The number of aromatic nitrogens is 2. The lowest BCUT2D eigenvalue weighted by Gasteiger charge is -2.17. The molecule has 0 aromatic carbocycles. The van der Waals surface area contributed by atoms with E-state index in [2.05, 4.69) is 17.1 Å². The van der Waals surface area contributed by atoms with Crippen molar-refractivity contribution >= 4 is 23.5 Å². The van der Waals surface area contributed by atoms with Gasteiger partial charge in [0, 0.05) is 29.7 Å². The minimum atomic E-state index is 0.127. The SMILES string of the molecule is CCC(N)Cc1nc(C2CSCCS2)no1. The van der Waals surface area contributed by atoms with E-state index in [4.69, 9.17) is 10.3 Å². The first-order valence-corrected chi connectivity index (χ1v) is 7.77. The Morgan fingerprint density at radius 1 is 1.56 bits per heavy atom. The predicted octanol–water partition coefficient (Wildman–Crippen LogP) is 1.87. The summed E-state index contributed by atoms with van der Waals surface area (Å²) in [6, 6.07) is 0.127. The van der Waals surface area contributed by atoms with Gasteiger partial charge in [0.1, 0.15) is 0 Å². The second-order valence-corrected chi connectivity index (χ2v) is 6.31. The molecule has 1 fully saturated rings. The molecule has 0 bridgehead atoms. The van der Waals surface area contributed by atoms with Crippen LogP contribution in [0.3, 0.4) is 0 Å². The fraction of sp³-hybridized carbons (Fsp3) is 0.800. The van der Waals surface area contributed by atoms with Crippen LogP contribution in [-0.2, 0) is 6.42 Å². The van der Waals surface area contributed by atoms with Crippen molar-refractivity contribution in [1.29, 1.82) is 0 Å². The van der Waals surface area contributed by atoms with Crippen molar-refractivity contribution in [3.8, 4) is 0 Å². The van der Waals surface area contributed by atoms with Crippen molar-refractivity contribution in [2.45, 2.75) is 31.1 Å². The molecule has 0 spiro atoms. The Hall–Kier alpha value is -0.200. The highest BCUT2D eigenvalue weighted by atomic mass is 32.2. The zero-order chi connectivity index (χ0) is 11.4. The average molecular weight is 259 g/mol. The Morgan fingerprint density at radius 2 is 2.44 bits per heavy atom. The van der Waals surface area contributed by atoms with Crippen LogP contribution in [-0.4, -0.2) is 33.4 Å². The highest BCUT2D eigenvalue weighted by molar-refractivity contribution is 8.06. The Kier molecular flexibility index (Phi) is 4.55. The number of rotatable bonds is 4. The summed E-state index contributed by atoms with van der Waals surface area (Å²) in [5, 5.41) is 4.45. The van der Waals surface area contributed by atoms with Crippen LogP contribution in [0.1, 0.15) is 30.3 Å². The van der Waals surface area contributed by atoms with E-state index in [0.29, 0.717) is 17.6 Å². The fourth-order valence-corrected chi connectivity index (χ4v) is 4.08. The molecule has 1 aliphatic heterocycles. The normalized spacial score (nSPS) is 23.2. The van der Waals surface area contributed by atoms with Crippen LogP contribution >= 0.6 is 23.5 Å². The third kappa shape index (κ3) is 3.15. The lowest BCUT2D eigenvalue weighted by atomic mass is 10.2. The Balaban J connectivity index is 1.95. The maximum absolute atomic E-state index is 5.86. The molecule has 2 heterocycles. The monoisotopic (exact) mass is 259 g/mol. The predicted molar refractivity (Wildman–Crippen MR) is 68.8 cm³/mol. The largest absolute Gasteiger partial charge is 0.339 e. The fourth-order valence-electron chi connectivity index (χ4n) is 1.49. The number of hydrogen-bond donors (Lipinski definition) is 1. The van der Waals surface area contributed by atoms with Gasteiger partial charge in [-0.2, -0.15) is 16.7 Å². The molecular weight excluding hydrogens is 242 g/mol. The second kappa shape index (κ2) is 5.93. The molecule has 1 aromatic heterocycles. The molecule has 2 atom stereocenters. The summed E-state index contributed by atoms with van der Waals surface area (Å²) in [5.41, 5.74) is 5.86. The van der Waals surface area contributed by atoms with Crippen LogP contribution in [0.4, 0.5) is 0 Å². The summed E-state index contributed by atoms with van der Waals surface area (Å²) in [6.45, 7) is 2.07. The van der Waals surface area contributed by atoms with Gasteiger partial charge in [-0.1, -0.05) is 12.1 Å². The van der Waals surface area contributed by atoms with Crippen LogP contribution < -0.4 is 5.73 Å². The molecule has 0 amide bonds. The third-order valence-corrected chi connectivity index (χ3v) is 5.30. The topological polar surface area (TPSA) is 64.9 Å². The molecule has 2 N–H and O–H groups in total. The minimum absolute atomic E-state index is 0.127. The van der Waals surface area contributed by atoms with Gasteiger partial charge in [-0.3, -0.25) is 0 Å². The minimum Gasteiger partial charge on any atom is -0.339 e. The van der Waals surface area contributed by atoms with E-state index in [1.54, 1.807) is 0 Å². The molecule has 1 aliphatic rings. The average Bonchev–Trinajstić information content (AvgIpc) is 2.78. The summed E-state index contributed by atoms with van der Waals surface area (Å²) >= 11 is 3.88. The smallest absolute Gasteiger partial charge is 0.228 e. The van der Waals surface area contributed by atoms with Crippen LogP contribution in [0.2, 0.25) is 0 Å². The van der Waals surface area contributed by atoms with Crippen molar-refractivity contribution in [3.63, 3.8) is 0 Å². The summed E-state index contributed by atoms with van der Waals surface area (Å²) in [4.78, 5) is 4.43. The number of nitrogens with zero attached hydrogens (tertiary/aromatic N) is 2. The first-order valence-electron chi connectivity index (χ1n) is 5.57. The van der Waals surface area contributed by atoms with Gasteiger partial charge in [0.05, 0.1) is 5.25 Å². The van der Waals surface area contributed by atoms with Gasteiger partial charge in [0.25, 0.3) is 0 Å². The van der Waals surface area contributed by atoms with Gasteiger partial charge in [-0.05, 0) is 6.42 Å². The molecule has 0 aliphatic carbocycles. The molecular formula is C10H17N3OS2. The standard InChI is InChI=1S/C10H17N3OS2/c1-2-7(11)5-9-12-10(13-14-9)8-6-15-3-4-16-8/h7-8H,2-6,11H2,1H3. The zero-order valence-electron chi connectivity index (χ0n) is 9.39. The lowest BCUT2D eigenvalue weighted by Crippen LogP contribution is -2.21. The van der Waals surface area contributed by atoms with Crippen molar-refractivity contribution in [3.05, 3.63) is 11.7 Å². The van der Waals surface area contributed by atoms with Crippen LogP contribution in [0.15, 0.2) is 4.52 Å². The summed E-state index contributed by atoms with van der Waals surface area (Å²) in [6.07, 6.45) is 1.62. The zero-order valence-corrected chi connectivity index (χ0v) is 11.0. The van der Waals surface area contributed by atoms with Crippen molar-refractivity contribution in [2.75, 3.05) is 17.3 Å². The van der Waals surface area contributed by atoms with E-state index in [0.717, 1.165) is 18.0 Å². The van der Waals surface area contributed by atoms with Crippen molar-refractivity contribution in [2.24, 2.45) is 5.73 Å². The highest BCUT2D eigenvalue weighted by Crippen LogP contribution is 2.35. The van der Waals surface area contributed by atoms with Gasteiger partial charge in [-0.15, -0.1) is 11.8 Å². The summed E-state index contributed by atoms with van der Waals surface area (Å²) in [7, 11) is 0. The molecule has 2 unspecified atom stereocenters. The van der Waals surface area contributed by atoms with E-state index in [-0.39, 0.29) is 6.04 Å². The summed E-state index contributed by atoms with van der Waals surface area (Å²) < 4.78 is 5.23. The molecule has 16 heavy (non-hydrogen) atoms. The van der Waals surface area contributed by atoms with E-state index in [1.807, 2.05) is 23.5 Å². The van der Waals surface area contributed by atoms with Crippen LogP contribution in [0.25, 0.3) is 0 Å². The van der Waals surface area contributed by atoms with Gasteiger partial charge in [0.15, 0.2) is 5.82 Å². The number of hydrogen-bond acceptors (Lipinski definition) is 6. The number of nitrogens with two attached hydrogens (primary N) is 1. The van der Waals surface area contributed by atoms with Crippen LogP contribution in [0.5, 0.6) is 0 Å². The Bertz CT molecular complexity index is 326. The van der Waals surface area contributed by atoms with E-state index in [1.165, 1.54) is 11.5 Å². The van der Waals surface area contributed by atoms with E-state index < -0.39 is 0 Å². The molecule has 0 radical (unpaired) electrons. The molecule has 6 heteroatoms. The van der Waals surface area contributed by atoms with Crippen molar-refractivity contribution < 1.29 is 4.52 Å². The molecule has 0 saturated carbocycles. The molecule has 90 valence electrons. The van der Waals surface area contributed by atoms with E-state index in [9.17, 15) is 0 Å². The van der Waals surface area contributed by atoms with Gasteiger partial charge >= 0.3 is 0 Å². The molecule has 4 nitrogen and oxygen atoms in total.